The van der Waals surface area contributed by atoms with Crippen LogP contribution < -0.4 is 5.32 Å². The number of nitrogens with one attached hydrogen (secondary N) is 1. The molecule has 0 unspecified atom stereocenters. The Hall–Kier alpha value is -2.17. The third-order valence-corrected chi connectivity index (χ3v) is 4.52. The highest BCUT2D eigenvalue weighted by atomic mass is 79.9. The molecular formula is C20H18BrNO2. The Labute approximate surface area is 149 Å². The van der Waals surface area contributed by atoms with Crippen LogP contribution in [0.15, 0.2) is 71.2 Å². The Kier molecular flexibility index (Phi) is 5.28. The molecule has 0 radical (unpaired) electrons. The lowest BCUT2D eigenvalue weighted by Gasteiger charge is -2.14. The van der Waals surface area contributed by atoms with Crippen LogP contribution in [0.3, 0.4) is 0 Å². The quantitative estimate of drug-likeness (QED) is 0.683. The van der Waals surface area contributed by atoms with Crippen LogP contribution in [0.4, 0.5) is 0 Å². The summed E-state index contributed by atoms with van der Waals surface area (Å²) in [6.45, 7) is 0.416. The Morgan fingerprint density at radius 2 is 1.71 bits per heavy atom. The Bertz CT molecular complexity index is 840. The summed E-state index contributed by atoms with van der Waals surface area (Å²) in [5.74, 6) is -0.132. The summed E-state index contributed by atoms with van der Waals surface area (Å²) >= 11 is 3.35. The van der Waals surface area contributed by atoms with Gasteiger partial charge >= 0.3 is 0 Å². The maximum Gasteiger partial charge on any atom is 0.251 e. The summed E-state index contributed by atoms with van der Waals surface area (Å²) < 4.78 is 0.936. The van der Waals surface area contributed by atoms with Crippen LogP contribution in [-0.4, -0.2) is 17.6 Å². The van der Waals surface area contributed by atoms with Gasteiger partial charge in [-0.3, -0.25) is 4.79 Å². The van der Waals surface area contributed by atoms with E-state index in [2.05, 4.69) is 21.2 Å². The van der Waals surface area contributed by atoms with E-state index in [1.165, 1.54) is 0 Å². The van der Waals surface area contributed by atoms with Crippen LogP contribution in [0.25, 0.3) is 10.8 Å². The molecule has 0 saturated heterocycles. The maximum absolute atomic E-state index is 12.1. The topological polar surface area (TPSA) is 49.3 Å². The van der Waals surface area contributed by atoms with Crippen LogP contribution in [0.5, 0.6) is 0 Å². The van der Waals surface area contributed by atoms with E-state index < -0.39 is 6.10 Å². The lowest BCUT2D eigenvalue weighted by Crippen LogP contribution is -2.25. The minimum absolute atomic E-state index is 0.132. The molecule has 0 aliphatic carbocycles. The van der Waals surface area contributed by atoms with E-state index in [1.54, 1.807) is 12.1 Å². The number of amides is 1. The van der Waals surface area contributed by atoms with Crippen LogP contribution in [0, 0.1) is 0 Å². The number of fused-ring (bicyclic) bond motifs is 1. The average Bonchev–Trinajstić information content (AvgIpc) is 2.61. The van der Waals surface area contributed by atoms with Crippen molar-refractivity contribution in [1.29, 1.82) is 0 Å². The van der Waals surface area contributed by atoms with Gasteiger partial charge in [-0.25, -0.2) is 0 Å². The molecule has 0 heterocycles. The second-order valence-electron chi connectivity index (χ2n) is 5.64. The van der Waals surface area contributed by atoms with Gasteiger partial charge < -0.3 is 10.4 Å². The molecule has 1 amide bonds. The van der Waals surface area contributed by atoms with E-state index in [1.807, 2.05) is 54.6 Å². The second-order valence-corrected chi connectivity index (χ2v) is 6.55. The van der Waals surface area contributed by atoms with E-state index in [0.29, 0.717) is 18.5 Å². The minimum Gasteiger partial charge on any atom is -0.388 e. The first-order chi connectivity index (χ1) is 11.6. The molecule has 3 aromatic carbocycles. The molecule has 0 spiro atoms. The second kappa shape index (κ2) is 7.60. The molecule has 0 saturated carbocycles. The number of benzene rings is 3. The van der Waals surface area contributed by atoms with Crippen molar-refractivity contribution in [3.63, 3.8) is 0 Å². The number of rotatable bonds is 5. The summed E-state index contributed by atoms with van der Waals surface area (Å²) in [5.41, 5.74) is 1.50. The zero-order valence-corrected chi connectivity index (χ0v) is 14.7. The Morgan fingerprint density at radius 1 is 1.00 bits per heavy atom. The molecular weight excluding hydrogens is 366 g/mol. The zero-order chi connectivity index (χ0) is 16.9. The van der Waals surface area contributed by atoms with Gasteiger partial charge in [0.2, 0.25) is 0 Å². The molecule has 1 atom stereocenters. The lowest BCUT2D eigenvalue weighted by molar-refractivity contribution is 0.0943. The summed E-state index contributed by atoms with van der Waals surface area (Å²) in [4.78, 5) is 12.1. The fraction of sp³-hybridized carbons (Fsp3) is 0.150. The maximum atomic E-state index is 12.1. The van der Waals surface area contributed by atoms with Gasteiger partial charge in [0.1, 0.15) is 0 Å². The van der Waals surface area contributed by atoms with Gasteiger partial charge in [-0.2, -0.15) is 0 Å². The molecule has 0 aromatic heterocycles. The molecule has 0 bridgehead atoms. The molecule has 4 heteroatoms. The summed E-state index contributed by atoms with van der Waals surface area (Å²) in [5, 5.41) is 15.5. The molecule has 3 aromatic rings. The SMILES string of the molecule is O=C(NCC[C@H](O)c1cccc2ccccc12)c1ccc(Br)cc1. The third kappa shape index (κ3) is 3.83. The highest BCUT2D eigenvalue weighted by Gasteiger charge is 2.12. The number of carbonyl (C=O) groups is 1. The number of halogens is 1. The van der Waals surface area contributed by atoms with E-state index in [0.717, 1.165) is 20.8 Å². The molecule has 24 heavy (non-hydrogen) atoms. The standard InChI is InChI=1S/C20H18BrNO2/c21-16-10-8-15(9-11-16)20(24)22-13-12-19(23)18-7-3-5-14-4-1-2-6-17(14)18/h1-11,19,23H,12-13H2,(H,22,24)/t19-/m0/s1. The largest absolute Gasteiger partial charge is 0.388 e. The fourth-order valence-corrected chi connectivity index (χ4v) is 2.99. The number of hydrogen-bond donors (Lipinski definition) is 2. The van der Waals surface area contributed by atoms with Gasteiger partial charge in [0.15, 0.2) is 0 Å². The molecule has 0 aliphatic rings. The lowest BCUT2D eigenvalue weighted by atomic mass is 9.99. The van der Waals surface area contributed by atoms with Crippen LogP contribution >= 0.6 is 15.9 Å². The number of aliphatic hydroxyl groups excluding tert-OH is 1. The number of carbonyl (C=O) groups excluding carboxylic acids is 1. The van der Waals surface area contributed by atoms with Gasteiger partial charge in [-0.1, -0.05) is 58.4 Å². The van der Waals surface area contributed by atoms with Gasteiger partial charge in [-0.15, -0.1) is 0 Å². The highest BCUT2D eigenvalue weighted by molar-refractivity contribution is 9.10. The van der Waals surface area contributed by atoms with Crippen molar-refractivity contribution in [2.75, 3.05) is 6.54 Å². The van der Waals surface area contributed by atoms with Gasteiger partial charge in [0.25, 0.3) is 5.91 Å². The predicted molar refractivity (Wildman–Crippen MR) is 100 cm³/mol. The van der Waals surface area contributed by atoms with Gasteiger partial charge in [0.05, 0.1) is 6.10 Å². The Morgan fingerprint density at radius 3 is 2.50 bits per heavy atom. The first kappa shape index (κ1) is 16.7. The summed E-state index contributed by atoms with van der Waals surface area (Å²) in [7, 11) is 0. The molecule has 2 N–H and O–H groups in total. The van der Waals surface area contributed by atoms with E-state index in [4.69, 9.17) is 0 Å². The number of aliphatic hydroxyl groups is 1. The molecule has 3 nitrogen and oxygen atoms in total. The van der Waals surface area contributed by atoms with Crippen LogP contribution in [0.1, 0.15) is 28.4 Å². The Balaban J connectivity index is 1.62. The molecule has 0 fully saturated rings. The number of hydrogen-bond acceptors (Lipinski definition) is 2. The summed E-state index contributed by atoms with van der Waals surface area (Å²) in [6, 6.07) is 21.1. The van der Waals surface area contributed by atoms with E-state index >= 15 is 0 Å². The fourth-order valence-electron chi connectivity index (χ4n) is 2.72. The molecule has 122 valence electrons. The van der Waals surface area contributed by atoms with Crippen LogP contribution in [-0.2, 0) is 0 Å². The normalized spacial score (nSPS) is 12.1. The zero-order valence-electron chi connectivity index (χ0n) is 13.1. The van der Waals surface area contributed by atoms with Crippen molar-refractivity contribution in [3.8, 4) is 0 Å². The molecule has 3 rings (SSSR count). The van der Waals surface area contributed by atoms with Crippen LogP contribution in [0.2, 0.25) is 0 Å². The molecule has 0 aliphatic heterocycles. The first-order valence-corrected chi connectivity index (χ1v) is 8.64. The van der Waals surface area contributed by atoms with Gasteiger partial charge in [-0.05, 0) is 47.0 Å². The highest BCUT2D eigenvalue weighted by Crippen LogP contribution is 2.25. The van der Waals surface area contributed by atoms with Crippen molar-refractivity contribution in [2.45, 2.75) is 12.5 Å². The van der Waals surface area contributed by atoms with Crippen molar-refractivity contribution in [2.24, 2.45) is 0 Å². The van der Waals surface area contributed by atoms with Gasteiger partial charge in [0, 0.05) is 16.6 Å². The average molecular weight is 384 g/mol. The van der Waals surface area contributed by atoms with E-state index in [9.17, 15) is 9.90 Å². The van der Waals surface area contributed by atoms with Crippen molar-refractivity contribution in [1.82, 2.24) is 5.32 Å². The predicted octanol–water partition coefficient (Wildman–Crippen LogP) is 4.46. The van der Waals surface area contributed by atoms with Crippen molar-refractivity contribution < 1.29 is 9.90 Å². The third-order valence-electron chi connectivity index (χ3n) is 3.99. The van der Waals surface area contributed by atoms with Crippen molar-refractivity contribution >= 4 is 32.6 Å². The van der Waals surface area contributed by atoms with E-state index in [-0.39, 0.29) is 5.91 Å². The first-order valence-electron chi connectivity index (χ1n) is 7.84. The monoisotopic (exact) mass is 383 g/mol. The minimum atomic E-state index is -0.610. The van der Waals surface area contributed by atoms with Crippen molar-refractivity contribution in [3.05, 3.63) is 82.3 Å². The smallest absolute Gasteiger partial charge is 0.251 e. The summed E-state index contributed by atoms with van der Waals surface area (Å²) in [6.07, 6.45) is -0.141.